The lowest BCUT2D eigenvalue weighted by Crippen LogP contribution is -2.51. The Labute approximate surface area is 115 Å². The molecule has 0 aromatic carbocycles. The maximum absolute atomic E-state index is 12.0. The molecule has 4 N–H and O–H groups in total. The van der Waals surface area contributed by atoms with E-state index in [1.165, 1.54) is 17.8 Å². The quantitative estimate of drug-likeness (QED) is 0.452. The fraction of sp³-hybridized carbons (Fsp3) is 0.600. The zero-order chi connectivity index (χ0) is 15.4. The Kier molecular flexibility index (Phi) is 5.22. The van der Waals surface area contributed by atoms with Crippen molar-refractivity contribution in [2.75, 3.05) is 13.2 Å². The van der Waals surface area contributed by atoms with Crippen molar-refractivity contribution in [1.29, 1.82) is 0 Å². The number of carboxylic acid groups (broad SMARTS) is 1. The van der Waals surface area contributed by atoms with Crippen LogP contribution in [-0.4, -0.2) is 58.2 Å². The Hall–Kier alpha value is -1.49. The van der Waals surface area contributed by atoms with E-state index in [0.717, 1.165) is 6.20 Å². The van der Waals surface area contributed by atoms with E-state index in [1.54, 1.807) is 0 Å². The minimum absolute atomic E-state index is 0.0438. The van der Waals surface area contributed by atoms with Gasteiger partial charge >= 0.3 is 5.97 Å². The highest BCUT2D eigenvalue weighted by atomic mass is 32.2. The number of aliphatic hydroxyl groups excluding tert-OH is 2. The summed E-state index contributed by atoms with van der Waals surface area (Å²) in [6.45, 7) is 0.243. The van der Waals surface area contributed by atoms with Gasteiger partial charge in [-0.2, -0.15) is 5.10 Å². The highest BCUT2D eigenvalue weighted by molar-refractivity contribution is 7.89. The lowest BCUT2D eigenvalue weighted by molar-refractivity contribution is -0.137. The number of nitrogens with zero attached hydrogens (tertiary/aromatic N) is 2. The number of hydrogen-bond donors (Lipinski definition) is 4. The molecule has 0 radical (unpaired) electrons. The van der Waals surface area contributed by atoms with Crippen LogP contribution in [0.1, 0.15) is 13.3 Å². The second-order valence-electron chi connectivity index (χ2n) is 4.57. The highest BCUT2D eigenvalue weighted by Crippen LogP contribution is 2.12. The molecule has 1 aromatic rings. The van der Waals surface area contributed by atoms with Crippen LogP contribution in [0.2, 0.25) is 0 Å². The zero-order valence-corrected chi connectivity index (χ0v) is 11.7. The second kappa shape index (κ2) is 6.31. The predicted molar refractivity (Wildman–Crippen MR) is 67.4 cm³/mol. The van der Waals surface area contributed by atoms with Crippen LogP contribution in [-0.2, 0) is 21.4 Å². The Morgan fingerprint density at radius 3 is 2.55 bits per heavy atom. The summed E-state index contributed by atoms with van der Waals surface area (Å²) < 4.78 is 27.4. The van der Waals surface area contributed by atoms with Crippen LogP contribution in [0.3, 0.4) is 0 Å². The summed E-state index contributed by atoms with van der Waals surface area (Å²) >= 11 is 0. The molecule has 0 aliphatic heterocycles. The molecule has 0 fully saturated rings. The van der Waals surface area contributed by atoms with Gasteiger partial charge in [0.15, 0.2) is 0 Å². The summed E-state index contributed by atoms with van der Waals surface area (Å²) in [6.07, 6.45) is 2.07. The maximum atomic E-state index is 12.0. The molecule has 0 saturated carbocycles. The molecule has 0 amide bonds. The van der Waals surface area contributed by atoms with Crippen LogP contribution >= 0.6 is 0 Å². The van der Waals surface area contributed by atoms with Crippen LogP contribution in [0.4, 0.5) is 0 Å². The standard InChI is InChI=1S/C10H17N3O6S/c1-10(6-14,7-15)12-20(18,19)8-4-11-13(5-8)3-2-9(16)17/h4-5,12,14-15H,2-3,6-7H2,1H3,(H,16,17). The number of hydrogen-bond acceptors (Lipinski definition) is 6. The van der Waals surface area contributed by atoms with Crippen molar-refractivity contribution in [3.8, 4) is 0 Å². The average Bonchev–Trinajstić information content (AvgIpc) is 2.85. The van der Waals surface area contributed by atoms with Crippen molar-refractivity contribution >= 4 is 16.0 Å². The summed E-state index contributed by atoms with van der Waals surface area (Å²) in [4.78, 5) is 10.2. The van der Waals surface area contributed by atoms with E-state index in [9.17, 15) is 13.2 Å². The topological polar surface area (TPSA) is 142 Å². The van der Waals surface area contributed by atoms with Gasteiger partial charge in [0.05, 0.1) is 37.9 Å². The van der Waals surface area contributed by atoms with Gasteiger partial charge in [-0.15, -0.1) is 0 Å². The van der Waals surface area contributed by atoms with Crippen molar-refractivity contribution in [2.45, 2.75) is 30.3 Å². The van der Waals surface area contributed by atoms with Gasteiger partial charge < -0.3 is 15.3 Å². The first-order valence-electron chi connectivity index (χ1n) is 5.72. The molecule has 0 spiro atoms. The Balaban J connectivity index is 2.86. The number of carbonyl (C=O) groups is 1. The van der Waals surface area contributed by atoms with Crippen LogP contribution in [0, 0.1) is 0 Å². The van der Waals surface area contributed by atoms with E-state index in [1.807, 2.05) is 0 Å². The Morgan fingerprint density at radius 1 is 1.45 bits per heavy atom. The molecular formula is C10H17N3O6S. The molecule has 1 aromatic heterocycles. The third kappa shape index (κ3) is 4.27. The van der Waals surface area contributed by atoms with Crippen molar-refractivity contribution in [1.82, 2.24) is 14.5 Å². The van der Waals surface area contributed by atoms with E-state index in [-0.39, 0.29) is 17.9 Å². The van der Waals surface area contributed by atoms with Gasteiger partial charge in [0.2, 0.25) is 10.0 Å². The molecule has 9 nitrogen and oxygen atoms in total. The van der Waals surface area contributed by atoms with Crippen LogP contribution in [0.5, 0.6) is 0 Å². The van der Waals surface area contributed by atoms with E-state index < -0.39 is 34.7 Å². The predicted octanol–water partition coefficient (Wildman–Crippen LogP) is -1.62. The third-order valence-corrected chi connectivity index (χ3v) is 4.15. The molecule has 114 valence electrons. The molecule has 1 rings (SSSR count). The summed E-state index contributed by atoms with van der Waals surface area (Å²) in [5.41, 5.74) is -1.39. The van der Waals surface area contributed by atoms with Crippen molar-refractivity contribution in [3.63, 3.8) is 0 Å². The van der Waals surface area contributed by atoms with Crippen molar-refractivity contribution < 1.29 is 28.5 Å². The van der Waals surface area contributed by atoms with Gasteiger partial charge in [-0.3, -0.25) is 9.48 Å². The van der Waals surface area contributed by atoms with E-state index in [0.29, 0.717) is 0 Å². The normalized spacial score (nSPS) is 12.6. The smallest absolute Gasteiger partial charge is 0.305 e. The molecular weight excluding hydrogens is 290 g/mol. The molecule has 0 aliphatic carbocycles. The molecule has 0 bridgehead atoms. The lowest BCUT2D eigenvalue weighted by Gasteiger charge is -2.25. The van der Waals surface area contributed by atoms with Gasteiger partial charge in [0, 0.05) is 6.20 Å². The molecule has 0 saturated heterocycles. The first kappa shape index (κ1) is 16.6. The molecule has 1 heterocycles. The number of rotatable bonds is 8. The SMILES string of the molecule is CC(CO)(CO)NS(=O)(=O)c1cnn(CCC(=O)O)c1. The Bertz CT molecular complexity index is 563. The monoisotopic (exact) mass is 307 g/mol. The molecule has 0 unspecified atom stereocenters. The molecule has 0 aliphatic rings. The lowest BCUT2D eigenvalue weighted by atomic mass is 10.1. The molecule has 0 atom stereocenters. The minimum Gasteiger partial charge on any atom is -0.481 e. The summed E-state index contributed by atoms with van der Waals surface area (Å²) in [6, 6.07) is 0. The van der Waals surface area contributed by atoms with Crippen LogP contribution in [0.25, 0.3) is 0 Å². The maximum Gasteiger partial charge on any atom is 0.305 e. The van der Waals surface area contributed by atoms with E-state index in [4.69, 9.17) is 15.3 Å². The van der Waals surface area contributed by atoms with Crippen LogP contribution < -0.4 is 4.72 Å². The van der Waals surface area contributed by atoms with Crippen molar-refractivity contribution in [2.24, 2.45) is 0 Å². The van der Waals surface area contributed by atoms with Gasteiger partial charge in [-0.1, -0.05) is 0 Å². The molecule has 20 heavy (non-hydrogen) atoms. The van der Waals surface area contributed by atoms with Gasteiger partial charge in [0.1, 0.15) is 4.90 Å². The Morgan fingerprint density at radius 2 is 2.05 bits per heavy atom. The largest absolute Gasteiger partial charge is 0.481 e. The minimum atomic E-state index is -3.96. The van der Waals surface area contributed by atoms with Crippen LogP contribution in [0.15, 0.2) is 17.3 Å². The average molecular weight is 307 g/mol. The number of sulfonamides is 1. The number of aliphatic carboxylic acids is 1. The van der Waals surface area contributed by atoms with Gasteiger partial charge in [-0.05, 0) is 6.92 Å². The van der Waals surface area contributed by atoms with E-state index in [2.05, 4.69) is 9.82 Å². The third-order valence-electron chi connectivity index (χ3n) is 2.55. The zero-order valence-electron chi connectivity index (χ0n) is 10.9. The second-order valence-corrected chi connectivity index (χ2v) is 6.25. The highest BCUT2D eigenvalue weighted by Gasteiger charge is 2.30. The fourth-order valence-electron chi connectivity index (χ4n) is 1.31. The summed E-state index contributed by atoms with van der Waals surface area (Å²) in [5.74, 6) is -1.02. The number of nitrogens with one attached hydrogen (secondary N) is 1. The fourth-order valence-corrected chi connectivity index (χ4v) is 2.66. The van der Waals surface area contributed by atoms with Gasteiger partial charge in [0.25, 0.3) is 0 Å². The van der Waals surface area contributed by atoms with E-state index >= 15 is 0 Å². The molecule has 10 heteroatoms. The number of aromatic nitrogens is 2. The summed E-state index contributed by atoms with van der Waals surface area (Å²) in [7, 11) is -3.96. The number of carboxylic acids is 1. The first-order chi connectivity index (χ1) is 9.22. The van der Waals surface area contributed by atoms with Gasteiger partial charge in [-0.25, -0.2) is 13.1 Å². The number of aliphatic hydroxyl groups is 2. The van der Waals surface area contributed by atoms with Crippen molar-refractivity contribution in [3.05, 3.63) is 12.4 Å². The summed E-state index contributed by atoms with van der Waals surface area (Å²) in [5, 5.41) is 30.4. The number of aryl methyl sites for hydroxylation is 1. The first-order valence-corrected chi connectivity index (χ1v) is 7.21.